The minimum atomic E-state index is 0.391. The largest absolute Gasteiger partial charge is 0.369 e. The number of nitrogens with two attached hydrogens (primary N) is 1. The van der Waals surface area contributed by atoms with Crippen LogP contribution in [0.25, 0.3) is 0 Å². The molecule has 12 heavy (non-hydrogen) atoms. The van der Waals surface area contributed by atoms with Gasteiger partial charge in [0.25, 0.3) is 0 Å². The normalized spacial score (nSPS) is 11.3. The molecule has 1 aromatic carbocycles. The van der Waals surface area contributed by atoms with E-state index in [1.807, 2.05) is 47.1 Å². The maximum atomic E-state index is 5.48. The molecule has 0 spiro atoms. The van der Waals surface area contributed by atoms with E-state index in [0.29, 0.717) is 5.96 Å². The standard InChI is InChI=1S/C7H7BrIN3/c8-5-3-1-2-4-6(5)11-7(10)12-9/h1-4H,(H3,10,11,12). The van der Waals surface area contributed by atoms with Gasteiger partial charge in [-0.3, -0.25) is 0 Å². The fourth-order valence-electron chi connectivity index (χ4n) is 0.722. The minimum Gasteiger partial charge on any atom is -0.369 e. The number of benzene rings is 1. The summed E-state index contributed by atoms with van der Waals surface area (Å²) in [4.78, 5) is 0. The Kier molecular flexibility index (Phi) is 3.80. The SMILES string of the molecule is NC(=NI)Nc1ccccc1Br. The second kappa shape index (κ2) is 4.66. The summed E-state index contributed by atoms with van der Waals surface area (Å²) in [6.07, 6.45) is 0. The smallest absolute Gasteiger partial charge is 0.203 e. The van der Waals surface area contributed by atoms with Gasteiger partial charge in [-0.05, 0) is 28.1 Å². The Labute approximate surface area is 93.1 Å². The molecule has 0 bridgehead atoms. The first-order valence-electron chi connectivity index (χ1n) is 3.20. The highest BCUT2D eigenvalue weighted by Crippen LogP contribution is 2.20. The minimum absolute atomic E-state index is 0.391. The summed E-state index contributed by atoms with van der Waals surface area (Å²) >= 11 is 5.22. The van der Waals surface area contributed by atoms with Gasteiger partial charge in [-0.15, -0.1) is 0 Å². The van der Waals surface area contributed by atoms with E-state index in [4.69, 9.17) is 5.73 Å². The van der Waals surface area contributed by atoms with Crippen LogP contribution in [-0.2, 0) is 0 Å². The number of rotatable bonds is 1. The third-order valence-corrected chi connectivity index (χ3v) is 2.44. The van der Waals surface area contributed by atoms with Crippen molar-refractivity contribution in [1.29, 1.82) is 0 Å². The lowest BCUT2D eigenvalue weighted by Crippen LogP contribution is -2.21. The lowest BCUT2D eigenvalue weighted by Gasteiger charge is -2.05. The van der Waals surface area contributed by atoms with Crippen molar-refractivity contribution in [3.8, 4) is 0 Å². The first kappa shape index (κ1) is 9.79. The molecule has 0 unspecified atom stereocenters. The van der Waals surface area contributed by atoms with Crippen molar-refractivity contribution < 1.29 is 0 Å². The quantitative estimate of drug-likeness (QED) is 0.469. The zero-order valence-corrected chi connectivity index (χ0v) is 9.83. The Morgan fingerprint density at radius 3 is 2.75 bits per heavy atom. The van der Waals surface area contributed by atoms with Crippen LogP contribution in [0.5, 0.6) is 0 Å². The molecule has 0 saturated heterocycles. The van der Waals surface area contributed by atoms with Gasteiger partial charge < -0.3 is 11.1 Å². The number of halogens is 2. The molecule has 3 nitrogen and oxygen atoms in total. The van der Waals surface area contributed by atoms with Gasteiger partial charge in [0.15, 0.2) is 0 Å². The second-order valence-electron chi connectivity index (χ2n) is 2.07. The summed E-state index contributed by atoms with van der Waals surface area (Å²) in [5, 5.41) is 2.93. The first-order chi connectivity index (χ1) is 5.74. The van der Waals surface area contributed by atoms with Crippen molar-refractivity contribution in [2.24, 2.45) is 8.94 Å². The Balaban J connectivity index is 2.82. The van der Waals surface area contributed by atoms with Crippen LogP contribution >= 0.6 is 38.8 Å². The zero-order chi connectivity index (χ0) is 8.97. The summed E-state index contributed by atoms with van der Waals surface area (Å²) in [5.41, 5.74) is 6.40. The second-order valence-corrected chi connectivity index (χ2v) is 3.41. The Morgan fingerprint density at radius 1 is 1.50 bits per heavy atom. The summed E-state index contributed by atoms with van der Waals surface area (Å²) < 4.78 is 4.72. The van der Waals surface area contributed by atoms with Gasteiger partial charge in [0.2, 0.25) is 5.96 Å². The van der Waals surface area contributed by atoms with Crippen LogP contribution in [0, 0.1) is 0 Å². The number of nitrogens with one attached hydrogen (secondary N) is 1. The van der Waals surface area contributed by atoms with Gasteiger partial charge in [-0.25, -0.2) is 0 Å². The zero-order valence-electron chi connectivity index (χ0n) is 6.09. The molecule has 0 heterocycles. The highest BCUT2D eigenvalue weighted by Gasteiger charge is 1.97. The van der Waals surface area contributed by atoms with Gasteiger partial charge in [-0.1, -0.05) is 12.1 Å². The van der Waals surface area contributed by atoms with Crippen LogP contribution in [0.3, 0.4) is 0 Å². The first-order valence-corrected chi connectivity index (χ1v) is 4.96. The molecule has 0 atom stereocenters. The number of guanidine groups is 1. The summed E-state index contributed by atoms with van der Waals surface area (Å²) in [5.74, 6) is 0.391. The molecule has 0 fully saturated rings. The lowest BCUT2D eigenvalue weighted by molar-refractivity contribution is 1.53. The molecule has 3 N–H and O–H groups in total. The Morgan fingerprint density at radius 2 is 2.17 bits per heavy atom. The number of hydrogen-bond donors (Lipinski definition) is 2. The lowest BCUT2D eigenvalue weighted by atomic mass is 10.3. The van der Waals surface area contributed by atoms with Gasteiger partial charge in [0.05, 0.1) is 28.6 Å². The average molecular weight is 340 g/mol. The van der Waals surface area contributed by atoms with E-state index in [1.54, 1.807) is 0 Å². The predicted molar refractivity (Wildman–Crippen MR) is 63.4 cm³/mol. The molecule has 0 aliphatic rings. The van der Waals surface area contributed by atoms with Gasteiger partial charge >= 0.3 is 0 Å². The van der Waals surface area contributed by atoms with E-state index >= 15 is 0 Å². The molecular weight excluding hydrogens is 333 g/mol. The van der Waals surface area contributed by atoms with Crippen molar-refractivity contribution in [2.75, 3.05) is 5.32 Å². The van der Waals surface area contributed by atoms with Gasteiger partial charge in [-0.2, -0.15) is 3.21 Å². The summed E-state index contributed by atoms with van der Waals surface area (Å²) in [6, 6.07) is 7.71. The topological polar surface area (TPSA) is 50.4 Å². The fraction of sp³-hybridized carbons (Fsp3) is 0. The van der Waals surface area contributed by atoms with Crippen molar-refractivity contribution in [3.63, 3.8) is 0 Å². The Bertz CT molecular complexity index is 300. The molecule has 0 aliphatic carbocycles. The van der Waals surface area contributed by atoms with Crippen LogP contribution in [0.1, 0.15) is 0 Å². The number of hydrogen-bond acceptors (Lipinski definition) is 1. The maximum Gasteiger partial charge on any atom is 0.203 e. The van der Waals surface area contributed by atoms with Crippen LogP contribution in [0.4, 0.5) is 5.69 Å². The number of para-hydroxylation sites is 1. The molecule has 0 amide bonds. The number of anilines is 1. The van der Waals surface area contributed by atoms with Crippen LogP contribution in [0.15, 0.2) is 31.9 Å². The molecular formula is C7H7BrIN3. The van der Waals surface area contributed by atoms with E-state index in [9.17, 15) is 0 Å². The third kappa shape index (κ3) is 2.63. The van der Waals surface area contributed by atoms with E-state index in [2.05, 4.69) is 24.5 Å². The molecule has 64 valence electrons. The molecule has 0 saturated carbocycles. The van der Waals surface area contributed by atoms with E-state index in [-0.39, 0.29) is 0 Å². The predicted octanol–water partition coefficient (Wildman–Crippen LogP) is 2.53. The van der Waals surface area contributed by atoms with Crippen molar-refractivity contribution in [3.05, 3.63) is 28.7 Å². The van der Waals surface area contributed by atoms with E-state index in [0.717, 1.165) is 10.2 Å². The maximum absolute atomic E-state index is 5.48. The molecule has 5 heteroatoms. The van der Waals surface area contributed by atoms with E-state index < -0.39 is 0 Å². The highest BCUT2D eigenvalue weighted by molar-refractivity contribution is 14.1. The monoisotopic (exact) mass is 339 g/mol. The van der Waals surface area contributed by atoms with Crippen molar-refractivity contribution >= 4 is 50.4 Å². The van der Waals surface area contributed by atoms with Crippen LogP contribution < -0.4 is 11.1 Å². The Hall–Kier alpha value is -0.300. The highest BCUT2D eigenvalue weighted by atomic mass is 127. The molecule has 0 aromatic heterocycles. The summed E-state index contributed by atoms with van der Waals surface area (Å²) in [6.45, 7) is 0. The van der Waals surface area contributed by atoms with E-state index in [1.165, 1.54) is 0 Å². The van der Waals surface area contributed by atoms with Crippen LogP contribution in [0.2, 0.25) is 0 Å². The molecule has 0 radical (unpaired) electrons. The van der Waals surface area contributed by atoms with Gasteiger partial charge in [0, 0.05) is 4.47 Å². The van der Waals surface area contributed by atoms with Crippen molar-refractivity contribution in [2.45, 2.75) is 0 Å². The average Bonchev–Trinajstić information content (AvgIpc) is 2.09. The molecule has 1 rings (SSSR count). The third-order valence-electron chi connectivity index (χ3n) is 1.23. The molecule has 0 aliphatic heterocycles. The summed E-state index contributed by atoms with van der Waals surface area (Å²) in [7, 11) is 0. The van der Waals surface area contributed by atoms with Crippen LogP contribution in [-0.4, -0.2) is 5.96 Å². The van der Waals surface area contributed by atoms with Crippen molar-refractivity contribution in [1.82, 2.24) is 0 Å². The van der Waals surface area contributed by atoms with Gasteiger partial charge in [0.1, 0.15) is 0 Å². The number of nitrogens with zero attached hydrogens (tertiary/aromatic N) is 1. The molecule has 1 aromatic rings. The fourth-order valence-corrected chi connectivity index (χ4v) is 1.23.